The molecule has 0 aliphatic rings. The minimum absolute atomic E-state index is 0.208. The van der Waals surface area contributed by atoms with Gasteiger partial charge in [0.05, 0.1) is 11.6 Å². The van der Waals surface area contributed by atoms with Crippen molar-refractivity contribution in [2.45, 2.75) is 6.04 Å². The first-order valence-corrected chi connectivity index (χ1v) is 6.71. The highest BCUT2D eigenvalue weighted by atomic mass is 19.1. The molecule has 1 unspecified atom stereocenters. The highest BCUT2D eigenvalue weighted by Gasteiger charge is 2.11. The van der Waals surface area contributed by atoms with E-state index >= 15 is 0 Å². The third-order valence-corrected chi connectivity index (χ3v) is 3.31. The van der Waals surface area contributed by atoms with Crippen LogP contribution in [0.2, 0.25) is 0 Å². The Balaban J connectivity index is 1.73. The minimum Gasteiger partial charge on any atom is -0.492 e. The molecule has 0 amide bonds. The Hall–Kier alpha value is -2.46. The van der Waals surface area contributed by atoms with Crippen molar-refractivity contribution in [1.82, 2.24) is 4.98 Å². The van der Waals surface area contributed by atoms with Gasteiger partial charge < -0.3 is 10.5 Å². The van der Waals surface area contributed by atoms with E-state index in [1.807, 2.05) is 30.3 Å². The third kappa shape index (κ3) is 3.01. The largest absolute Gasteiger partial charge is 0.492 e. The molecule has 21 heavy (non-hydrogen) atoms. The first-order chi connectivity index (χ1) is 10.2. The molecule has 106 valence electrons. The molecular weight excluding hydrogens is 267 g/mol. The molecule has 4 heteroatoms. The lowest BCUT2D eigenvalue weighted by molar-refractivity contribution is 0.288. The number of halogens is 1. The molecule has 3 rings (SSSR count). The second-order valence-corrected chi connectivity index (χ2v) is 4.80. The minimum atomic E-state index is -0.509. The highest BCUT2D eigenvalue weighted by Crippen LogP contribution is 2.21. The predicted octanol–water partition coefficient (Wildman–Crippen LogP) is 3.45. The second kappa shape index (κ2) is 5.89. The highest BCUT2D eigenvalue weighted by molar-refractivity contribution is 5.79. The fraction of sp³-hybridized carbons (Fsp3) is 0.118. The van der Waals surface area contributed by atoms with Crippen LogP contribution in [-0.2, 0) is 0 Å². The quantitative estimate of drug-likeness (QED) is 0.797. The average molecular weight is 282 g/mol. The van der Waals surface area contributed by atoms with E-state index in [9.17, 15) is 4.39 Å². The van der Waals surface area contributed by atoms with Gasteiger partial charge in [-0.1, -0.05) is 24.3 Å². The zero-order chi connectivity index (χ0) is 14.7. The van der Waals surface area contributed by atoms with E-state index in [4.69, 9.17) is 10.5 Å². The summed E-state index contributed by atoms with van der Waals surface area (Å²) in [6.07, 6.45) is 1.73. The van der Waals surface area contributed by atoms with Gasteiger partial charge in [0.1, 0.15) is 18.2 Å². The Morgan fingerprint density at radius 2 is 1.95 bits per heavy atom. The number of hydrogen-bond acceptors (Lipinski definition) is 3. The summed E-state index contributed by atoms with van der Waals surface area (Å²) in [5, 5.41) is 1.04. The fourth-order valence-electron chi connectivity index (χ4n) is 2.19. The van der Waals surface area contributed by atoms with Crippen LogP contribution in [0.15, 0.2) is 60.8 Å². The Morgan fingerprint density at radius 3 is 2.81 bits per heavy atom. The molecule has 0 aliphatic heterocycles. The van der Waals surface area contributed by atoms with Gasteiger partial charge in [0, 0.05) is 23.2 Å². The maximum atomic E-state index is 13.6. The number of nitrogens with two attached hydrogens (primary N) is 1. The van der Waals surface area contributed by atoms with Crippen molar-refractivity contribution in [1.29, 1.82) is 0 Å². The van der Waals surface area contributed by atoms with E-state index in [0.29, 0.717) is 11.3 Å². The molecule has 3 nitrogen and oxygen atoms in total. The van der Waals surface area contributed by atoms with Crippen LogP contribution in [0.5, 0.6) is 5.75 Å². The van der Waals surface area contributed by atoms with E-state index in [2.05, 4.69) is 4.98 Å². The van der Waals surface area contributed by atoms with Gasteiger partial charge in [-0.3, -0.25) is 4.98 Å². The molecule has 2 N–H and O–H groups in total. The molecule has 2 aromatic carbocycles. The van der Waals surface area contributed by atoms with Crippen LogP contribution in [0, 0.1) is 5.82 Å². The van der Waals surface area contributed by atoms with Crippen molar-refractivity contribution in [3.8, 4) is 5.75 Å². The van der Waals surface area contributed by atoms with Gasteiger partial charge in [-0.2, -0.15) is 0 Å². The molecule has 0 radical (unpaired) electrons. The number of fused-ring (bicyclic) bond motifs is 1. The average Bonchev–Trinajstić information content (AvgIpc) is 2.53. The van der Waals surface area contributed by atoms with Gasteiger partial charge in [-0.05, 0) is 24.3 Å². The molecule has 0 fully saturated rings. The lowest BCUT2D eigenvalue weighted by Gasteiger charge is -2.14. The van der Waals surface area contributed by atoms with E-state index in [1.54, 1.807) is 24.4 Å². The van der Waals surface area contributed by atoms with Crippen LogP contribution in [0.4, 0.5) is 4.39 Å². The summed E-state index contributed by atoms with van der Waals surface area (Å²) in [4.78, 5) is 4.27. The number of ether oxygens (including phenoxy) is 1. The summed E-state index contributed by atoms with van der Waals surface area (Å²) in [6.45, 7) is 0.208. The Kier molecular flexibility index (Phi) is 3.79. The molecule has 3 aromatic rings. The van der Waals surface area contributed by atoms with Gasteiger partial charge in [-0.25, -0.2) is 4.39 Å². The molecule has 0 spiro atoms. The lowest BCUT2D eigenvalue weighted by Crippen LogP contribution is -2.20. The summed E-state index contributed by atoms with van der Waals surface area (Å²) in [5.41, 5.74) is 7.29. The summed E-state index contributed by atoms with van der Waals surface area (Å²) in [6, 6.07) is 15.5. The summed E-state index contributed by atoms with van der Waals surface area (Å²) < 4.78 is 19.3. The molecule has 1 aromatic heterocycles. The standard InChI is InChI=1S/C17H15FN2O/c18-15-6-2-1-5-14(15)16(19)11-21-13-8-7-12-4-3-9-20-17(12)10-13/h1-10,16H,11,19H2. The Morgan fingerprint density at radius 1 is 1.10 bits per heavy atom. The first-order valence-electron chi connectivity index (χ1n) is 6.71. The Bertz CT molecular complexity index is 760. The molecule has 0 aliphatic carbocycles. The number of nitrogens with zero attached hydrogens (tertiary/aromatic N) is 1. The molecular formula is C17H15FN2O. The summed E-state index contributed by atoms with van der Waals surface area (Å²) in [7, 11) is 0. The van der Waals surface area contributed by atoms with Crippen molar-refractivity contribution in [2.24, 2.45) is 5.73 Å². The van der Waals surface area contributed by atoms with Crippen LogP contribution in [0.3, 0.4) is 0 Å². The first kappa shape index (κ1) is 13.5. The number of hydrogen-bond donors (Lipinski definition) is 1. The van der Waals surface area contributed by atoms with E-state index in [0.717, 1.165) is 10.9 Å². The maximum Gasteiger partial charge on any atom is 0.128 e. The molecule has 1 heterocycles. The van der Waals surface area contributed by atoms with Gasteiger partial charge in [0.25, 0.3) is 0 Å². The van der Waals surface area contributed by atoms with Gasteiger partial charge >= 0.3 is 0 Å². The van der Waals surface area contributed by atoms with Crippen molar-refractivity contribution in [3.63, 3.8) is 0 Å². The fourth-order valence-corrected chi connectivity index (χ4v) is 2.19. The molecule has 1 atom stereocenters. The van der Waals surface area contributed by atoms with E-state index in [-0.39, 0.29) is 12.4 Å². The second-order valence-electron chi connectivity index (χ2n) is 4.80. The van der Waals surface area contributed by atoms with Crippen molar-refractivity contribution >= 4 is 10.9 Å². The number of aromatic nitrogens is 1. The van der Waals surface area contributed by atoms with Crippen LogP contribution in [-0.4, -0.2) is 11.6 Å². The zero-order valence-electron chi connectivity index (χ0n) is 11.4. The summed E-state index contributed by atoms with van der Waals surface area (Å²) >= 11 is 0. The van der Waals surface area contributed by atoms with Crippen molar-refractivity contribution < 1.29 is 9.13 Å². The SMILES string of the molecule is NC(COc1ccc2cccnc2c1)c1ccccc1F. The van der Waals surface area contributed by atoms with Crippen LogP contribution in [0.25, 0.3) is 10.9 Å². The predicted molar refractivity (Wildman–Crippen MR) is 80.6 cm³/mol. The number of pyridine rings is 1. The smallest absolute Gasteiger partial charge is 0.128 e. The van der Waals surface area contributed by atoms with E-state index < -0.39 is 6.04 Å². The van der Waals surface area contributed by atoms with Crippen LogP contribution >= 0.6 is 0 Å². The van der Waals surface area contributed by atoms with Crippen molar-refractivity contribution in [2.75, 3.05) is 6.61 Å². The maximum absolute atomic E-state index is 13.6. The molecule has 0 saturated carbocycles. The third-order valence-electron chi connectivity index (χ3n) is 3.31. The number of rotatable bonds is 4. The topological polar surface area (TPSA) is 48.1 Å². The van der Waals surface area contributed by atoms with E-state index in [1.165, 1.54) is 6.07 Å². The zero-order valence-corrected chi connectivity index (χ0v) is 11.4. The normalized spacial score (nSPS) is 12.3. The van der Waals surface area contributed by atoms with Gasteiger partial charge in [0.2, 0.25) is 0 Å². The Labute approximate surface area is 122 Å². The van der Waals surface area contributed by atoms with Gasteiger partial charge in [-0.15, -0.1) is 0 Å². The lowest BCUT2D eigenvalue weighted by atomic mass is 10.1. The molecule has 0 saturated heterocycles. The van der Waals surface area contributed by atoms with Crippen LogP contribution in [0.1, 0.15) is 11.6 Å². The summed E-state index contributed by atoms with van der Waals surface area (Å²) in [5.74, 6) is 0.363. The number of benzene rings is 2. The monoisotopic (exact) mass is 282 g/mol. The van der Waals surface area contributed by atoms with Gasteiger partial charge in [0.15, 0.2) is 0 Å². The van der Waals surface area contributed by atoms with Crippen molar-refractivity contribution in [3.05, 3.63) is 72.2 Å². The van der Waals surface area contributed by atoms with Crippen LogP contribution < -0.4 is 10.5 Å². The molecule has 0 bridgehead atoms.